The van der Waals surface area contributed by atoms with Crippen LogP contribution < -0.4 is 10.1 Å². The van der Waals surface area contributed by atoms with E-state index >= 15 is 0 Å². The highest BCUT2D eigenvalue weighted by molar-refractivity contribution is 5.93. The van der Waals surface area contributed by atoms with Crippen LogP contribution in [0.25, 0.3) is 21.8 Å². The maximum Gasteiger partial charge on any atom is 0.121 e. The molecule has 0 fully saturated rings. The lowest BCUT2D eigenvalue weighted by Gasteiger charge is -2.12. The summed E-state index contributed by atoms with van der Waals surface area (Å²) in [5.41, 5.74) is 3.22. The molecule has 0 spiro atoms. The number of benzene rings is 3. The molecule has 0 aliphatic carbocycles. The smallest absolute Gasteiger partial charge is 0.121 e. The molecule has 0 N–H and O–H groups in total. The number of aromatic nitrogens is 1. The molecule has 0 saturated heterocycles. The number of nitrogens with zero attached hydrogens (tertiary/aromatic N) is 2. The van der Waals surface area contributed by atoms with E-state index in [9.17, 15) is 0 Å². The molecule has 118 valence electrons. The van der Waals surface area contributed by atoms with Crippen molar-refractivity contribution in [1.29, 1.82) is 0 Å². The molecule has 0 aliphatic rings. The van der Waals surface area contributed by atoms with E-state index in [1.807, 2.05) is 24.3 Å². The zero-order valence-electron chi connectivity index (χ0n) is 13.7. The summed E-state index contributed by atoms with van der Waals surface area (Å²) in [5, 5.41) is 3.27. The second-order valence-corrected chi connectivity index (χ2v) is 5.76. The van der Waals surface area contributed by atoms with Gasteiger partial charge < -0.3 is 9.30 Å². The Bertz CT molecular complexity index is 1050. The minimum atomic E-state index is 0.811. The number of pyridine rings is 1. The SMILES string of the molecule is COc1cccc(N=c2c3ccccc3n(C)c3ccccc23)c1. The van der Waals surface area contributed by atoms with E-state index in [2.05, 4.69) is 60.1 Å². The number of aryl methyl sites for hydroxylation is 1. The fraction of sp³-hybridized carbons (Fsp3) is 0.0952. The van der Waals surface area contributed by atoms with Crippen molar-refractivity contribution in [1.82, 2.24) is 4.57 Å². The third-order valence-electron chi connectivity index (χ3n) is 4.34. The van der Waals surface area contributed by atoms with Crippen molar-refractivity contribution in [2.75, 3.05) is 7.11 Å². The van der Waals surface area contributed by atoms with Gasteiger partial charge >= 0.3 is 0 Å². The van der Waals surface area contributed by atoms with Crippen LogP contribution in [-0.2, 0) is 7.05 Å². The van der Waals surface area contributed by atoms with Gasteiger partial charge in [-0.2, -0.15) is 0 Å². The van der Waals surface area contributed by atoms with E-state index in [1.165, 1.54) is 0 Å². The molecule has 24 heavy (non-hydrogen) atoms. The van der Waals surface area contributed by atoms with Gasteiger partial charge in [0.2, 0.25) is 0 Å². The Morgan fingerprint density at radius 3 is 2.04 bits per heavy atom. The van der Waals surface area contributed by atoms with E-state index in [1.54, 1.807) is 7.11 Å². The average Bonchev–Trinajstić information content (AvgIpc) is 2.65. The second-order valence-electron chi connectivity index (χ2n) is 5.76. The molecule has 0 amide bonds. The number of ether oxygens (including phenoxy) is 1. The van der Waals surface area contributed by atoms with Crippen LogP contribution in [0.15, 0.2) is 77.8 Å². The summed E-state index contributed by atoms with van der Waals surface area (Å²) >= 11 is 0. The van der Waals surface area contributed by atoms with Gasteiger partial charge in [0.25, 0.3) is 0 Å². The predicted molar refractivity (Wildman–Crippen MR) is 98.6 cm³/mol. The Morgan fingerprint density at radius 1 is 0.792 bits per heavy atom. The largest absolute Gasteiger partial charge is 0.497 e. The Labute approximate surface area is 140 Å². The Kier molecular flexibility index (Phi) is 3.54. The zero-order chi connectivity index (χ0) is 16.5. The van der Waals surface area contributed by atoms with Crippen molar-refractivity contribution in [2.45, 2.75) is 0 Å². The maximum atomic E-state index is 5.32. The highest BCUT2D eigenvalue weighted by Gasteiger charge is 2.06. The van der Waals surface area contributed by atoms with Gasteiger partial charge in [0.1, 0.15) is 5.75 Å². The number of hydrogen-bond donors (Lipinski definition) is 0. The van der Waals surface area contributed by atoms with Crippen LogP contribution in [0.3, 0.4) is 0 Å². The fourth-order valence-corrected chi connectivity index (χ4v) is 3.14. The second kappa shape index (κ2) is 5.85. The molecule has 0 saturated carbocycles. The first-order valence-corrected chi connectivity index (χ1v) is 7.93. The van der Waals surface area contributed by atoms with Gasteiger partial charge in [0.05, 0.1) is 29.2 Å². The summed E-state index contributed by atoms with van der Waals surface area (Å²) in [7, 11) is 3.77. The molecule has 0 atom stereocenters. The van der Waals surface area contributed by atoms with E-state index in [4.69, 9.17) is 9.73 Å². The monoisotopic (exact) mass is 314 g/mol. The summed E-state index contributed by atoms with van der Waals surface area (Å²) in [6, 6.07) is 24.6. The third-order valence-corrected chi connectivity index (χ3v) is 4.34. The minimum Gasteiger partial charge on any atom is -0.497 e. The van der Waals surface area contributed by atoms with Crippen molar-refractivity contribution >= 4 is 27.5 Å². The maximum absolute atomic E-state index is 5.32. The van der Waals surface area contributed by atoms with E-state index < -0.39 is 0 Å². The summed E-state index contributed by atoms with van der Waals surface area (Å²) in [6.07, 6.45) is 0. The lowest BCUT2D eigenvalue weighted by molar-refractivity contribution is 0.415. The third kappa shape index (κ3) is 2.35. The van der Waals surface area contributed by atoms with Crippen LogP contribution in [0.4, 0.5) is 5.69 Å². The highest BCUT2D eigenvalue weighted by atomic mass is 16.5. The number of para-hydroxylation sites is 2. The molecule has 1 heterocycles. The van der Waals surface area contributed by atoms with E-state index in [0.29, 0.717) is 0 Å². The van der Waals surface area contributed by atoms with Crippen molar-refractivity contribution < 1.29 is 4.74 Å². The van der Waals surface area contributed by atoms with E-state index in [-0.39, 0.29) is 0 Å². The molecular weight excluding hydrogens is 296 g/mol. The standard InChI is InChI=1S/C21H18N2O/c1-23-19-12-5-3-10-17(19)21(18-11-4-6-13-20(18)23)22-15-8-7-9-16(14-15)24-2/h3-14H,1-2H3. The molecule has 3 heteroatoms. The van der Waals surface area contributed by atoms with Crippen molar-refractivity contribution in [3.05, 3.63) is 78.2 Å². The minimum absolute atomic E-state index is 0.811. The van der Waals surface area contributed by atoms with Gasteiger partial charge in [-0.15, -0.1) is 0 Å². The van der Waals surface area contributed by atoms with E-state index in [0.717, 1.165) is 38.6 Å². The van der Waals surface area contributed by atoms with Crippen molar-refractivity contribution in [3.8, 4) is 5.75 Å². The van der Waals surface area contributed by atoms with Gasteiger partial charge in [0, 0.05) is 23.9 Å². The number of rotatable bonds is 2. The Balaban J connectivity index is 2.16. The van der Waals surface area contributed by atoms with Crippen LogP contribution >= 0.6 is 0 Å². The number of methoxy groups -OCH3 is 1. The van der Waals surface area contributed by atoms with Crippen molar-refractivity contribution in [3.63, 3.8) is 0 Å². The highest BCUT2D eigenvalue weighted by Crippen LogP contribution is 2.22. The van der Waals surface area contributed by atoms with Crippen LogP contribution in [0.5, 0.6) is 5.75 Å². The topological polar surface area (TPSA) is 26.5 Å². The first-order valence-electron chi connectivity index (χ1n) is 7.93. The first kappa shape index (κ1) is 14.5. The first-order chi connectivity index (χ1) is 11.8. The molecule has 0 radical (unpaired) electrons. The van der Waals surface area contributed by atoms with Crippen LogP contribution in [0.2, 0.25) is 0 Å². The van der Waals surface area contributed by atoms with Gasteiger partial charge in [0.15, 0.2) is 0 Å². The lowest BCUT2D eigenvalue weighted by atomic mass is 10.1. The normalized spacial score (nSPS) is 10.9. The Morgan fingerprint density at radius 2 is 1.42 bits per heavy atom. The molecule has 4 rings (SSSR count). The quantitative estimate of drug-likeness (QED) is 0.498. The van der Waals surface area contributed by atoms with Crippen molar-refractivity contribution in [2.24, 2.45) is 12.0 Å². The number of hydrogen-bond acceptors (Lipinski definition) is 2. The Hall–Kier alpha value is -3.07. The lowest BCUT2D eigenvalue weighted by Crippen LogP contribution is -2.10. The predicted octanol–water partition coefficient (Wildman–Crippen LogP) is 4.57. The van der Waals surface area contributed by atoms with Crippen LogP contribution in [0, 0.1) is 0 Å². The molecule has 0 bridgehead atoms. The zero-order valence-corrected chi connectivity index (χ0v) is 13.7. The summed E-state index contributed by atoms with van der Waals surface area (Å²) in [4.78, 5) is 4.95. The molecule has 3 aromatic carbocycles. The van der Waals surface area contributed by atoms with Crippen LogP contribution in [0.1, 0.15) is 0 Å². The van der Waals surface area contributed by atoms with Gasteiger partial charge in [-0.3, -0.25) is 0 Å². The average molecular weight is 314 g/mol. The molecule has 3 nitrogen and oxygen atoms in total. The molecule has 0 unspecified atom stereocenters. The van der Waals surface area contributed by atoms with Gasteiger partial charge in [-0.25, -0.2) is 4.99 Å². The van der Waals surface area contributed by atoms with Gasteiger partial charge in [-0.05, 0) is 24.3 Å². The molecular formula is C21H18N2O. The summed E-state index contributed by atoms with van der Waals surface area (Å²) in [5.74, 6) is 0.811. The summed E-state index contributed by atoms with van der Waals surface area (Å²) < 4.78 is 7.54. The molecule has 1 aromatic heterocycles. The molecule has 0 aliphatic heterocycles. The fourth-order valence-electron chi connectivity index (χ4n) is 3.14. The molecule has 4 aromatic rings. The summed E-state index contributed by atoms with van der Waals surface area (Å²) in [6.45, 7) is 0. The van der Waals surface area contributed by atoms with Crippen LogP contribution in [-0.4, -0.2) is 11.7 Å². The van der Waals surface area contributed by atoms with Gasteiger partial charge in [-0.1, -0.05) is 42.5 Å². The number of fused-ring (bicyclic) bond motifs is 2.